The lowest BCUT2D eigenvalue weighted by molar-refractivity contribution is -0.112. The smallest absolute Gasteiger partial charge is 0.243 e. The lowest BCUT2D eigenvalue weighted by atomic mass is 10.0. The summed E-state index contributed by atoms with van der Waals surface area (Å²) in [5, 5.41) is 0.533. The minimum atomic E-state index is -3.56. The van der Waals surface area contributed by atoms with Gasteiger partial charge in [0, 0.05) is 19.0 Å². The summed E-state index contributed by atoms with van der Waals surface area (Å²) in [7, 11) is -3.56. The first-order chi connectivity index (χ1) is 8.95. The maximum Gasteiger partial charge on any atom is 0.243 e. The van der Waals surface area contributed by atoms with E-state index in [2.05, 4.69) is 0 Å². The van der Waals surface area contributed by atoms with Gasteiger partial charge in [0.1, 0.15) is 6.29 Å². The largest absolute Gasteiger partial charge is 0.303 e. The highest BCUT2D eigenvalue weighted by Gasteiger charge is 2.29. The van der Waals surface area contributed by atoms with Crippen LogP contribution in [-0.2, 0) is 14.8 Å². The number of halogens is 2. The van der Waals surface area contributed by atoms with Gasteiger partial charge in [-0.25, -0.2) is 8.42 Å². The first kappa shape index (κ1) is 14.8. The van der Waals surface area contributed by atoms with E-state index in [1.54, 1.807) is 0 Å². The second-order valence-corrected chi connectivity index (χ2v) is 7.21. The number of hydrogen-bond donors (Lipinski definition) is 0. The van der Waals surface area contributed by atoms with Crippen LogP contribution in [-0.4, -0.2) is 32.1 Å². The zero-order valence-electron chi connectivity index (χ0n) is 10.1. The van der Waals surface area contributed by atoms with Crippen molar-refractivity contribution < 1.29 is 13.2 Å². The van der Waals surface area contributed by atoms with Gasteiger partial charge in [0.05, 0.1) is 14.9 Å². The van der Waals surface area contributed by atoms with Gasteiger partial charge in [0.15, 0.2) is 0 Å². The molecule has 0 bridgehead atoms. The molecule has 0 spiro atoms. The third-order valence-electron chi connectivity index (χ3n) is 3.22. The van der Waals surface area contributed by atoms with Gasteiger partial charge in [0.25, 0.3) is 0 Å². The molecule has 1 aliphatic heterocycles. The van der Waals surface area contributed by atoms with Gasteiger partial charge in [-0.3, -0.25) is 0 Å². The molecule has 0 atom stereocenters. The SMILES string of the molecule is O=CC1CCN(S(=O)(=O)c2ccc(Cl)c(Cl)c2)CC1. The summed E-state index contributed by atoms with van der Waals surface area (Å²) in [5.74, 6) is -0.0414. The molecule has 0 amide bonds. The molecule has 104 valence electrons. The minimum absolute atomic E-state index is 0.0414. The van der Waals surface area contributed by atoms with Gasteiger partial charge in [0.2, 0.25) is 10.0 Å². The van der Waals surface area contributed by atoms with Crippen molar-refractivity contribution >= 4 is 39.5 Å². The summed E-state index contributed by atoms with van der Waals surface area (Å²) in [6.45, 7) is 0.706. The predicted molar refractivity (Wildman–Crippen MR) is 74.0 cm³/mol. The Morgan fingerprint density at radius 2 is 1.79 bits per heavy atom. The van der Waals surface area contributed by atoms with Crippen molar-refractivity contribution in [2.24, 2.45) is 5.92 Å². The molecule has 1 aliphatic rings. The van der Waals surface area contributed by atoms with Gasteiger partial charge >= 0.3 is 0 Å². The van der Waals surface area contributed by atoms with Gasteiger partial charge in [-0.1, -0.05) is 23.2 Å². The average Bonchev–Trinajstić information content (AvgIpc) is 2.41. The van der Waals surface area contributed by atoms with Gasteiger partial charge in [-0.15, -0.1) is 0 Å². The number of carbonyl (C=O) groups is 1. The highest BCUT2D eigenvalue weighted by molar-refractivity contribution is 7.89. The fourth-order valence-electron chi connectivity index (χ4n) is 2.04. The van der Waals surface area contributed by atoms with E-state index in [1.165, 1.54) is 22.5 Å². The van der Waals surface area contributed by atoms with E-state index in [1.807, 2.05) is 0 Å². The Morgan fingerprint density at radius 1 is 1.16 bits per heavy atom. The summed E-state index contributed by atoms with van der Waals surface area (Å²) in [4.78, 5) is 10.8. The fraction of sp³-hybridized carbons (Fsp3) is 0.417. The predicted octanol–water partition coefficient (Wildman–Crippen LogP) is 2.59. The molecule has 19 heavy (non-hydrogen) atoms. The number of sulfonamides is 1. The normalized spacial score (nSPS) is 18.4. The van der Waals surface area contributed by atoms with Crippen LogP contribution in [0.4, 0.5) is 0 Å². The van der Waals surface area contributed by atoms with Crippen molar-refractivity contribution in [2.75, 3.05) is 13.1 Å². The molecule has 1 aromatic rings. The second-order valence-electron chi connectivity index (χ2n) is 4.45. The van der Waals surface area contributed by atoms with Gasteiger partial charge in [-0.05, 0) is 31.0 Å². The van der Waals surface area contributed by atoms with Crippen molar-refractivity contribution in [1.29, 1.82) is 0 Å². The van der Waals surface area contributed by atoms with E-state index in [4.69, 9.17) is 23.2 Å². The molecule has 0 saturated carbocycles. The molecule has 2 rings (SSSR count). The number of benzene rings is 1. The Labute approximate surface area is 122 Å². The zero-order chi connectivity index (χ0) is 14.0. The third-order valence-corrected chi connectivity index (χ3v) is 5.85. The first-order valence-corrected chi connectivity index (χ1v) is 8.05. The van der Waals surface area contributed by atoms with E-state index in [9.17, 15) is 13.2 Å². The number of hydrogen-bond acceptors (Lipinski definition) is 3. The fourth-order valence-corrected chi connectivity index (χ4v) is 3.90. The molecule has 1 saturated heterocycles. The van der Waals surface area contributed by atoms with Crippen LogP contribution in [0.15, 0.2) is 23.1 Å². The van der Waals surface area contributed by atoms with Gasteiger partial charge < -0.3 is 4.79 Å². The molecular formula is C12H13Cl2NO3S. The van der Waals surface area contributed by atoms with Crippen LogP contribution in [0.1, 0.15) is 12.8 Å². The molecule has 1 aromatic carbocycles. The van der Waals surface area contributed by atoms with Crippen LogP contribution >= 0.6 is 23.2 Å². The second kappa shape index (κ2) is 5.79. The maximum atomic E-state index is 12.4. The van der Waals surface area contributed by atoms with E-state index < -0.39 is 10.0 Å². The summed E-state index contributed by atoms with van der Waals surface area (Å²) in [6, 6.07) is 4.26. The Bertz CT molecular complexity index is 581. The van der Waals surface area contributed by atoms with Crippen LogP contribution < -0.4 is 0 Å². The molecule has 1 fully saturated rings. The van der Waals surface area contributed by atoms with Crippen molar-refractivity contribution in [3.05, 3.63) is 28.2 Å². The van der Waals surface area contributed by atoms with Crippen LogP contribution in [0, 0.1) is 5.92 Å². The number of nitrogens with zero attached hydrogens (tertiary/aromatic N) is 1. The van der Waals surface area contributed by atoms with E-state index in [-0.39, 0.29) is 15.8 Å². The molecule has 1 heterocycles. The topological polar surface area (TPSA) is 54.5 Å². The lowest BCUT2D eigenvalue weighted by Gasteiger charge is -2.28. The minimum Gasteiger partial charge on any atom is -0.303 e. The first-order valence-electron chi connectivity index (χ1n) is 5.85. The van der Waals surface area contributed by atoms with Crippen LogP contribution in [0.5, 0.6) is 0 Å². The van der Waals surface area contributed by atoms with E-state index in [0.717, 1.165) is 6.29 Å². The Kier molecular flexibility index (Phi) is 4.50. The van der Waals surface area contributed by atoms with E-state index in [0.29, 0.717) is 31.0 Å². The highest BCUT2D eigenvalue weighted by atomic mass is 35.5. The molecule has 0 unspecified atom stereocenters. The Balaban J connectivity index is 2.23. The Morgan fingerprint density at radius 3 is 2.32 bits per heavy atom. The average molecular weight is 322 g/mol. The zero-order valence-corrected chi connectivity index (χ0v) is 12.4. The number of rotatable bonds is 3. The summed E-state index contributed by atoms with van der Waals surface area (Å²) in [6.07, 6.45) is 2.01. The number of aldehydes is 1. The lowest BCUT2D eigenvalue weighted by Crippen LogP contribution is -2.38. The monoisotopic (exact) mass is 321 g/mol. The number of piperidine rings is 1. The van der Waals surface area contributed by atoms with Crippen LogP contribution in [0.25, 0.3) is 0 Å². The molecule has 0 aromatic heterocycles. The molecule has 0 aliphatic carbocycles. The van der Waals surface area contributed by atoms with E-state index >= 15 is 0 Å². The summed E-state index contributed by atoms with van der Waals surface area (Å²) in [5.41, 5.74) is 0. The van der Waals surface area contributed by atoms with Crippen LogP contribution in [0.2, 0.25) is 10.0 Å². The Hall–Kier alpha value is -0.620. The number of carbonyl (C=O) groups excluding carboxylic acids is 1. The van der Waals surface area contributed by atoms with Crippen LogP contribution in [0.3, 0.4) is 0 Å². The standard InChI is InChI=1S/C12H13Cl2NO3S/c13-11-2-1-10(7-12(11)14)19(17,18)15-5-3-9(8-16)4-6-15/h1-2,7-9H,3-6H2. The van der Waals surface area contributed by atoms with Crippen molar-refractivity contribution in [1.82, 2.24) is 4.31 Å². The summed E-state index contributed by atoms with van der Waals surface area (Å²) < 4.78 is 26.1. The molecule has 4 nitrogen and oxygen atoms in total. The van der Waals surface area contributed by atoms with Crippen molar-refractivity contribution in [2.45, 2.75) is 17.7 Å². The molecule has 7 heteroatoms. The van der Waals surface area contributed by atoms with Gasteiger partial charge in [-0.2, -0.15) is 4.31 Å². The van der Waals surface area contributed by atoms with Crippen molar-refractivity contribution in [3.8, 4) is 0 Å². The summed E-state index contributed by atoms with van der Waals surface area (Å²) >= 11 is 11.6. The quantitative estimate of drug-likeness (QED) is 0.804. The van der Waals surface area contributed by atoms with Crippen molar-refractivity contribution in [3.63, 3.8) is 0 Å². The molecular weight excluding hydrogens is 309 g/mol. The maximum absolute atomic E-state index is 12.4. The molecule has 0 radical (unpaired) electrons. The highest BCUT2D eigenvalue weighted by Crippen LogP contribution is 2.28. The third kappa shape index (κ3) is 3.11. The molecule has 0 N–H and O–H groups in total.